The highest BCUT2D eigenvalue weighted by atomic mass is 32.2. The van der Waals surface area contributed by atoms with Crippen molar-refractivity contribution in [2.24, 2.45) is 0 Å². The second kappa shape index (κ2) is 9.77. The summed E-state index contributed by atoms with van der Waals surface area (Å²) in [6, 6.07) is 2.08. The van der Waals surface area contributed by atoms with E-state index in [1.807, 2.05) is 13.0 Å². The van der Waals surface area contributed by atoms with Crippen LogP contribution in [0.15, 0.2) is 12.4 Å². The van der Waals surface area contributed by atoms with E-state index in [4.69, 9.17) is 14.6 Å². The van der Waals surface area contributed by atoms with Gasteiger partial charge in [-0.2, -0.15) is 17.5 Å². The predicted octanol–water partition coefficient (Wildman–Crippen LogP) is 1.90. The molecule has 9 nitrogen and oxygen atoms in total. The normalized spacial score (nSPS) is 21.7. The SMILES string of the molecule is CCCCS(=O)(=O)N1CC[C@H]2[C@H]1CCN2c1cc(OC)ncn1.O=C(O)C(F)(F)F. The van der Waals surface area contributed by atoms with Crippen LogP contribution in [0, 0.1) is 0 Å². The summed E-state index contributed by atoms with van der Waals surface area (Å²) in [6.07, 6.45) is -0.270. The third kappa shape index (κ3) is 5.72. The number of carbonyl (C=O) groups is 1. The molecule has 0 unspecified atom stereocenters. The molecule has 2 aliphatic rings. The molecule has 2 saturated heterocycles. The van der Waals surface area contributed by atoms with Crippen molar-refractivity contribution < 1.29 is 36.2 Å². The van der Waals surface area contributed by atoms with Gasteiger partial charge in [0.1, 0.15) is 12.1 Å². The van der Waals surface area contributed by atoms with Gasteiger partial charge >= 0.3 is 12.1 Å². The van der Waals surface area contributed by atoms with Crippen LogP contribution in [-0.4, -0.2) is 78.0 Å². The molecule has 0 aliphatic carbocycles. The monoisotopic (exact) mass is 454 g/mol. The third-order valence-electron chi connectivity index (χ3n) is 5.01. The molecule has 0 saturated carbocycles. The zero-order valence-corrected chi connectivity index (χ0v) is 17.5. The Morgan fingerprint density at radius 3 is 2.47 bits per heavy atom. The number of carboxylic acid groups (broad SMARTS) is 1. The van der Waals surface area contributed by atoms with E-state index < -0.39 is 22.2 Å². The van der Waals surface area contributed by atoms with Crippen LogP contribution in [0.1, 0.15) is 32.6 Å². The average molecular weight is 454 g/mol. The van der Waals surface area contributed by atoms with Gasteiger partial charge in [0.25, 0.3) is 0 Å². The molecule has 0 spiro atoms. The van der Waals surface area contributed by atoms with E-state index in [-0.39, 0.29) is 17.8 Å². The molecule has 1 N–H and O–H groups in total. The highest BCUT2D eigenvalue weighted by Gasteiger charge is 2.47. The molecule has 2 aliphatic heterocycles. The maximum absolute atomic E-state index is 12.5. The van der Waals surface area contributed by atoms with Crippen molar-refractivity contribution in [1.82, 2.24) is 14.3 Å². The van der Waals surface area contributed by atoms with Crippen molar-refractivity contribution in [2.45, 2.75) is 50.9 Å². The van der Waals surface area contributed by atoms with Gasteiger partial charge in [-0.3, -0.25) is 0 Å². The summed E-state index contributed by atoms with van der Waals surface area (Å²) >= 11 is 0. The molecule has 30 heavy (non-hydrogen) atoms. The summed E-state index contributed by atoms with van der Waals surface area (Å²) < 4.78 is 63.7. The molecule has 1 aromatic rings. The van der Waals surface area contributed by atoms with Gasteiger partial charge in [-0.15, -0.1) is 0 Å². The van der Waals surface area contributed by atoms with Crippen molar-refractivity contribution in [3.63, 3.8) is 0 Å². The second-order valence-corrected chi connectivity index (χ2v) is 8.95. The Morgan fingerprint density at radius 1 is 1.27 bits per heavy atom. The Hall–Kier alpha value is -2.15. The fraction of sp³-hybridized carbons (Fsp3) is 0.706. The number of sulfonamides is 1. The molecular formula is C17H25F3N4O5S. The molecule has 2 atom stereocenters. The van der Waals surface area contributed by atoms with E-state index in [0.717, 1.165) is 38.0 Å². The summed E-state index contributed by atoms with van der Waals surface area (Å²) in [6.45, 7) is 3.44. The molecule has 2 fully saturated rings. The molecule has 0 aromatic carbocycles. The second-order valence-electron chi connectivity index (χ2n) is 6.91. The fourth-order valence-corrected chi connectivity index (χ4v) is 5.55. The van der Waals surface area contributed by atoms with Gasteiger partial charge < -0.3 is 14.7 Å². The van der Waals surface area contributed by atoms with Gasteiger partial charge in [0.2, 0.25) is 15.9 Å². The first-order valence-corrected chi connectivity index (χ1v) is 11.0. The van der Waals surface area contributed by atoms with Crippen molar-refractivity contribution in [1.29, 1.82) is 0 Å². The molecule has 0 radical (unpaired) electrons. The van der Waals surface area contributed by atoms with Crippen LogP contribution in [0.5, 0.6) is 5.88 Å². The topological polar surface area (TPSA) is 113 Å². The first kappa shape index (κ1) is 24.1. The number of hydrogen-bond donors (Lipinski definition) is 1. The van der Waals surface area contributed by atoms with Gasteiger partial charge in [-0.05, 0) is 19.3 Å². The number of fused-ring (bicyclic) bond motifs is 1. The number of nitrogens with zero attached hydrogens (tertiary/aromatic N) is 4. The highest BCUT2D eigenvalue weighted by Crippen LogP contribution is 2.36. The van der Waals surface area contributed by atoms with E-state index in [1.165, 1.54) is 6.33 Å². The lowest BCUT2D eigenvalue weighted by Gasteiger charge is -2.26. The molecular weight excluding hydrogens is 429 g/mol. The fourth-order valence-electron chi connectivity index (χ4n) is 3.62. The van der Waals surface area contributed by atoms with E-state index in [2.05, 4.69) is 14.9 Å². The Bertz CT molecular complexity index is 837. The smallest absolute Gasteiger partial charge is 0.481 e. The van der Waals surface area contributed by atoms with Crippen molar-refractivity contribution in [3.8, 4) is 5.88 Å². The van der Waals surface area contributed by atoms with Crippen LogP contribution >= 0.6 is 0 Å². The summed E-state index contributed by atoms with van der Waals surface area (Å²) in [4.78, 5) is 19.5. The van der Waals surface area contributed by atoms with Crippen LogP contribution < -0.4 is 9.64 Å². The number of hydrogen-bond acceptors (Lipinski definition) is 7. The van der Waals surface area contributed by atoms with Crippen LogP contribution in [0.4, 0.5) is 19.0 Å². The zero-order chi connectivity index (χ0) is 22.5. The minimum Gasteiger partial charge on any atom is -0.481 e. The zero-order valence-electron chi connectivity index (χ0n) is 16.7. The molecule has 3 rings (SSSR count). The summed E-state index contributed by atoms with van der Waals surface area (Å²) in [5, 5.41) is 7.12. The molecule has 13 heteroatoms. The molecule has 1 aromatic heterocycles. The van der Waals surface area contributed by atoms with Gasteiger partial charge in [-0.1, -0.05) is 13.3 Å². The van der Waals surface area contributed by atoms with Crippen molar-refractivity contribution in [3.05, 3.63) is 12.4 Å². The number of unbranched alkanes of at least 4 members (excludes halogenated alkanes) is 1. The predicted molar refractivity (Wildman–Crippen MR) is 102 cm³/mol. The molecule has 0 bridgehead atoms. The van der Waals surface area contributed by atoms with Crippen LogP contribution in [0.2, 0.25) is 0 Å². The molecule has 3 heterocycles. The van der Waals surface area contributed by atoms with Gasteiger partial charge in [0, 0.05) is 31.2 Å². The van der Waals surface area contributed by atoms with Gasteiger partial charge in [0.15, 0.2) is 0 Å². The first-order chi connectivity index (χ1) is 14.0. The Balaban J connectivity index is 0.000000396. The largest absolute Gasteiger partial charge is 0.490 e. The Labute approximate surface area is 172 Å². The average Bonchev–Trinajstić information content (AvgIpc) is 3.28. The number of carboxylic acids is 1. The van der Waals surface area contributed by atoms with Gasteiger partial charge in [-0.25, -0.2) is 23.2 Å². The number of alkyl halides is 3. The van der Waals surface area contributed by atoms with Crippen LogP contribution in [0.3, 0.4) is 0 Å². The first-order valence-electron chi connectivity index (χ1n) is 9.43. The van der Waals surface area contributed by atoms with E-state index >= 15 is 0 Å². The number of methoxy groups -OCH3 is 1. The maximum atomic E-state index is 12.5. The van der Waals surface area contributed by atoms with Crippen molar-refractivity contribution in [2.75, 3.05) is 30.9 Å². The van der Waals surface area contributed by atoms with Gasteiger partial charge in [0.05, 0.1) is 12.9 Å². The summed E-state index contributed by atoms with van der Waals surface area (Å²) in [7, 11) is -1.57. The quantitative estimate of drug-likeness (QED) is 0.694. The number of ether oxygens (including phenoxy) is 1. The van der Waals surface area contributed by atoms with E-state index in [1.54, 1.807) is 11.4 Å². The lowest BCUT2D eigenvalue weighted by atomic mass is 10.1. The number of aromatic nitrogens is 2. The minimum atomic E-state index is -5.08. The number of rotatable bonds is 6. The molecule has 0 amide bonds. The van der Waals surface area contributed by atoms with E-state index in [9.17, 15) is 21.6 Å². The number of halogens is 3. The lowest BCUT2D eigenvalue weighted by molar-refractivity contribution is -0.192. The minimum absolute atomic E-state index is 0.0674. The van der Waals surface area contributed by atoms with Crippen LogP contribution in [0.25, 0.3) is 0 Å². The van der Waals surface area contributed by atoms with Crippen molar-refractivity contribution >= 4 is 21.8 Å². The third-order valence-corrected chi connectivity index (χ3v) is 6.98. The Morgan fingerprint density at radius 2 is 1.90 bits per heavy atom. The maximum Gasteiger partial charge on any atom is 0.490 e. The number of aliphatic carboxylic acids is 1. The lowest BCUT2D eigenvalue weighted by Crippen LogP contribution is -2.40. The highest BCUT2D eigenvalue weighted by molar-refractivity contribution is 7.89. The summed E-state index contributed by atoms with van der Waals surface area (Å²) in [5.41, 5.74) is 0. The number of anilines is 1. The Kier molecular flexibility index (Phi) is 7.86. The standard InChI is InChI=1S/C15H24N4O3S.C2HF3O2/c1-3-4-9-23(20,21)19-8-6-12-13(19)5-7-18(12)14-10-15(22-2)17-11-16-14;3-2(4,5)1(6)7/h10-13H,3-9H2,1-2H3;(H,6,7)/t12-,13+;/m0./s1. The summed E-state index contributed by atoms with van der Waals surface area (Å²) in [5.74, 6) is -1.15. The molecule has 170 valence electrons. The van der Waals surface area contributed by atoms with Crippen LogP contribution in [-0.2, 0) is 14.8 Å². The van der Waals surface area contributed by atoms with E-state index in [0.29, 0.717) is 12.4 Å².